The van der Waals surface area contributed by atoms with Crippen LogP contribution in [0.4, 0.5) is 0 Å². The number of pyridine rings is 1. The second kappa shape index (κ2) is 6.26. The van der Waals surface area contributed by atoms with E-state index in [1.54, 1.807) is 0 Å². The van der Waals surface area contributed by atoms with Gasteiger partial charge in [0.1, 0.15) is 0 Å². The first kappa shape index (κ1) is 14.0. The Labute approximate surface area is 135 Å². The second-order valence-electron chi connectivity index (χ2n) is 5.81. The molecule has 1 aliphatic heterocycles. The first-order valence-corrected chi connectivity index (χ1v) is 7.91. The van der Waals surface area contributed by atoms with E-state index >= 15 is 0 Å². The Bertz CT molecular complexity index is 787. The first-order valence-electron chi connectivity index (χ1n) is 7.91. The highest BCUT2D eigenvalue weighted by molar-refractivity contribution is 5.54. The van der Waals surface area contributed by atoms with Crippen LogP contribution < -0.4 is 0 Å². The van der Waals surface area contributed by atoms with Gasteiger partial charge in [-0.15, -0.1) is 0 Å². The minimum Gasteiger partial charge on any atom is -0.293 e. The van der Waals surface area contributed by atoms with Crippen molar-refractivity contribution in [2.24, 2.45) is 0 Å². The SMILES string of the molecule is c1ccc(-c2ncc3c(n2)CCN(Cc2ccccn2)C3)cc1. The van der Waals surface area contributed by atoms with Gasteiger partial charge in [0.05, 0.1) is 11.4 Å². The van der Waals surface area contributed by atoms with Gasteiger partial charge in [0.15, 0.2) is 5.82 Å². The number of benzene rings is 1. The summed E-state index contributed by atoms with van der Waals surface area (Å²) in [4.78, 5) is 16.1. The number of fused-ring (bicyclic) bond motifs is 1. The van der Waals surface area contributed by atoms with Gasteiger partial charge in [-0.2, -0.15) is 0 Å². The van der Waals surface area contributed by atoms with Gasteiger partial charge in [-0.05, 0) is 12.1 Å². The lowest BCUT2D eigenvalue weighted by atomic mass is 10.1. The average Bonchev–Trinajstić information content (AvgIpc) is 2.63. The molecule has 0 aliphatic carbocycles. The summed E-state index contributed by atoms with van der Waals surface area (Å²) in [7, 11) is 0. The van der Waals surface area contributed by atoms with E-state index in [1.165, 1.54) is 11.3 Å². The van der Waals surface area contributed by atoms with Crippen LogP contribution in [0.5, 0.6) is 0 Å². The van der Waals surface area contributed by atoms with E-state index in [1.807, 2.05) is 42.7 Å². The van der Waals surface area contributed by atoms with Crippen molar-refractivity contribution in [3.05, 3.63) is 77.9 Å². The zero-order chi connectivity index (χ0) is 15.5. The molecular weight excluding hydrogens is 284 g/mol. The van der Waals surface area contributed by atoms with E-state index in [9.17, 15) is 0 Å². The zero-order valence-electron chi connectivity index (χ0n) is 12.9. The van der Waals surface area contributed by atoms with E-state index in [0.29, 0.717) is 0 Å². The molecule has 4 rings (SSSR count). The van der Waals surface area contributed by atoms with Crippen LogP contribution in [0.1, 0.15) is 17.0 Å². The van der Waals surface area contributed by atoms with Gasteiger partial charge in [-0.1, -0.05) is 36.4 Å². The third kappa shape index (κ3) is 3.12. The van der Waals surface area contributed by atoms with Crippen molar-refractivity contribution in [1.82, 2.24) is 19.9 Å². The van der Waals surface area contributed by atoms with Crippen LogP contribution in [0.2, 0.25) is 0 Å². The fourth-order valence-corrected chi connectivity index (χ4v) is 2.96. The Morgan fingerprint density at radius 3 is 2.65 bits per heavy atom. The average molecular weight is 302 g/mol. The molecule has 0 radical (unpaired) electrons. The highest BCUT2D eigenvalue weighted by Gasteiger charge is 2.19. The van der Waals surface area contributed by atoms with Gasteiger partial charge in [0.2, 0.25) is 0 Å². The van der Waals surface area contributed by atoms with Crippen molar-refractivity contribution in [1.29, 1.82) is 0 Å². The summed E-state index contributed by atoms with van der Waals surface area (Å²) >= 11 is 0. The van der Waals surface area contributed by atoms with Crippen molar-refractivity contribution >= 4 is 0 Å². The molecule has 23 heavy (non-hydrogen) atoms. The number of nitrogens with zero attached hydrogens (tertiary/aromatic N) is 4. The maximum atomic E-state index is 4.77. The van der Waals surface area contributed by atoms with Crippen molar-refractivity contribution < 1.29 is 0 Å². The third-order valence-electron chi connectivity index (χ3n) is 4.16. The number of aromatic nitrogens is 3. The molecule has 0 amide bonds. The molecule has 2 aromatic heterocycles. The van der Waals surface area contributed by atoms with Gasteiger partial charge < -0.3 is 0 Å². The normalized spacial score (nSPS) is 14.4. The van der Waals surface area contributed by atoms with Crippen molar-refractivity contribution in [2.75, 3.05) is 6.54 Å². The van der Waals surface area contributed by atoms with Crippen LogP contribution in [0.3, 0.4) is 0 Å². The van der Waals surface area contributed by atoms with Crippen LogP contribution in [0.15, 0.2) is 60.9 Å². The van der Waals surface area contributed by atoms with Crippen molar-refractivity contribution in [3.63, 3.8) is 0 Å². The predicted molar refractivity (Wildman–Crippen MR) is 89.5 cm³/mol. The van der Waals surface area contributed by atoms with E-state index in [0.717, 1.165) is 43.1 Å². The molecule has 3 heterocycles. The highest BCUT2D eigenvalue weighted by Crippen LogP contribution is 2.21. The molecule has 0 N–H and O–H groups in total. The summed E-state index contributed by atoms with van der Waals surface area (Å²) in [5.74, 6) is 0.822. The van der Waals surface area contributed by atoms with Gasteiger partial charge >= 0.3 is 0 Å². The lowest BCUT2D eigenvalue weighted by molar-refractivity contribution is 0.240. The van der Waals surface area contributed by atoms with Gasteiger partial charge in [-0.3, -0.25) is 9.88 Å². The molecule has 0 saturated heterocycles. The lowest BCUT2D eigenvalue weighted by Gasteiger charge is -2.27. The standard InChI is InChI=1S/C19H18N4/c1-2-6-15(7-3-1)19-21-12-16-13-23(11-9-18(16)22-19)14-17-8-4-5-10-20-17/h1-8,10,12H,9,11,13-14H2. The van der Waals surface area contributed by atoms with Crippen LogP contribution >= 0.6 is 0 Å². The summed E-state index contributed by atoms with van der Waals surface area (Å²) in [6.45, 7) is 2.77. The maximum Gasteiger partial charge on any atom is 0.159 e. The van der Waals surface area contributed by atoms with Crippen molar-refractivity contribution in [3.8, 4) is 11.4 Å². The quantitative estimate of drug-likeness (QED) is 0.745. The topological polar surface area (TPSA) is 41.9 Å². The summed E-state index contributed by atoms with van der Waals surface area (Å²) in [6.07, 6.45) is 4.79. The van der Waals surface area contributed by atoms with Crippen LogP contribution in [0, 0.1) is 0 Å². The molecule has 0 fully saturated rings. The molecule has 114 valence electrons. The number of hydrogen-bond acceptors (Lipinski definition) is 4. The first-order chi connectivity index (χ1) is 11.4. The fourth-order valence-electron chi connectivity index (χ4n) is 2.96. The molecule has 1 aliphatic rings. The van der Waals surface area contributed by atoms with Gasteiger partial charge in [-0.25, -0.2) is 9.97 Å². The number of rotatable bonds is 3. The largest absolute Gasteiger partial charge is 0.293 e. The zero-order valence-corrected chi connectivity index (χ0v) is 12.9. The third-order valence-corrected chi connectivity index (χ3v) is 4.16. The van der Waals surface area contributed by atoms with E-state index in [2.05, 4.69) is 33.1 Å². The number of hydrogen-bond donors (Lipinski definition) is 0. The highest BCUT2D eigenvalue weighted by atomic mass is 15.1. The van der Waals surface area contributed by atoms with E-state index in [-0.39, 0.29) is 0 Å². The maximum absolute atomic E-state index is 4.77. The Morgan fingerprint density at radius 2 is 1.83 bits per heavy atom. The molecule has 0 unspecified atom stereocenters. The lowest BCUT2D eigenvalue weighted by Crippen LogP contribution is -2.31. The summed E-state index contributed by atoms with van der Waals surface area (Å²) in [5.41, 5.74) is 4.59. The molecule has 1 aromatic carbocycles. The molecular formula is C19H18N4. The molecule has 0 bridgehead atoms. The second-order valence-corrected chi connectivity index (χ2v) is 5.81. The monoisotopic (exact) mass is 302 g/mol. The fraction of sp³-hybridized carbons (Fsp3) is 0.211. The summed E-state index contributed by atoms with van der Waals surface area (Å²) in [6, 6.07) is 16.2. The Morgan fingerprint density at radius 1 is 0.957 bits per heavy atom. The molecule has 3 aromatic rings. The van der Waals surface area contributed by atoms with Gasteiger partial charge in [0.25, 0.3) is 0 Å². The summed E-state index contributed by atoms with van der Waals surface area (Å²) < 4.78 is 0. The van der Waals surface area contributed by atoms with Crippen molar-refractivity contribution in [2.45, 2.75) is 19.5 Å². The molecule has 4 heteroatoms. The van der Waals surface area contributed by atoms with Crippen LogP contribution in [-0.4, -0.2) is 26.4 Å². The van der Waals surface area contributed by atoms with Crippen LogP contribution in [0.25, 0.3) is 11.4 Å². The predicted octanol–water partition coefficient (Wildman–Crippen LogP) is 3.10. The Balaban J connectivity index is 1.52. The Kier molecular flexibility index (Phi) is 3.82. The molecule has 4 nitrogen and oxygen atoms in total. The Hall–Kier alpha value is -2.59. The minimum absolute atomic E-state index is 0.822. The van der Waals surface area contributed by atoms with E-state index < -0.39 is 0 Å². The molecule has 0 spiro atoms. The minimum atomic E-state index is 0.822. The van der Waals surface area contributed by atoms with Crippen LogP contribution in [-0.2, 0) is 19.5 Å². The van der Waals surface area contributed by atoms with Gasteiger partial charge in [0, 0.05) is 49.6 Å². The molecule has 0 atom stereocenters. The smallest absolute Gasteiger partial charge is 0.159 e. The van der Waals surface area contributed by atoms with E-state index in [4.69, 9.17) is 4.98 Å². The molecule has 0 saturated carbocycles. The summed E-state index contributed by atoms with van der Waals surface area (Å²) in [5, 5.41) is 0.